The monoisotopic (exact) mass is 635 g/mol. The fourth-order valence-corrected chi connectivity index (χ4v) is 7.36. The normalized spacial score (nSPS) is 12.3. The zero-order valence-corrected chi connectivity index (χ0v) is 29.8. The van der Waals surface area contributed by atoms with Crippen LogP contribution in [0.5, 0.6) is 0 Å². The summed E-state index contributed by atoms with van der Waals surface area (Å²) in [6.45, 7) is 15.8. The van der Waals surface area contributed by atoms with Crippen LogP contribution in [0.15, 0.2) is 133 Å². The van der Waals surface area contributed by atoms with Crippen molar-refractivity contribution in [2.45, 2.75) is 65.7 Å². The Morgan fingerprint density at radius 2 is 0.796 bits per heavy atom. The van der Waals surface area contributed by atoms with Crippen molar-refractivity contribution in [2.75, 3.05) is 4.90 Å². The Kier molecular flexibility index (Phi) is 7.49. The van der Waals surface area contributed by atoms with Gasteiger partial charge in [0.05, 0.1) is 0 Å². The molecule has 0 atom stereocenters. The molecule has 0 amide bonds. The molecule has 1 heteroatoms. The van der Waals surface area contributed by atoms with Gasteiger partial charge in [-0.25, -0.2) is 0 Å². The van der Waals surface area contributed by atoms with Gasteiger partial charge in [-0.1, -0.05) is 115 Å². The van der Waals surface area contributed by atoms with Crippen molar-refractivity contribution in [1.82, 2.24) is 0 Å². The predicted molar refractivity (Wildman–Crippen MR) is 213 cm³/mol. The summed E-state index contributed by atoms with van der Waals surface area (Å²) in [7, 11) is 0. The lowest BCUT2D eigenvalue weighted by Crippen LogP contribution is -2.10. The first-order valence-corrected chi connectivity index (χ1v) is 17.8. The molecule has 0 spiro atoms. The van der Waals surface area contributed by atoms with Gasteiger partial charge < -0.3 is 4.90 Å². The first-order chi connectivity index (χ1) is 23.5. The maximum Gasteiger partial charge on any atom is 0.0468 e. The van der Waals surface area contributed by atoms with E-state index in [9.17, 15) is 0 Å². The maximum absolute atomic E-state index is 2.40. The fourth-order valence-electron chi connectivity index (χ4n) is 7.36. The number of fused-ring (bicyclic) bond motifs is 6. The molecule has 242 valence electrons. The van der Waals surface area contributed by atoms with E-state index in [-0.39, 0.29) is 5.41 Å². The first-order valence-electron chi connectivity index (χ1n) is 17.8. The van der Waals surface area contributed by atoms with Crippen molar-refractivity contribution in [3.63, 3.8) is 0 Å². The molecule has 1 aliphatic rings. The van der Waals surface area contributed by atoms with Crippen LogP contribution in [0.4, 0.5) is 17.1 Å². The molecule has 0 fully saturated rings. The molecule has 1 nitrogen and oxygen atoms in total. The van der Waals surface area contributed by atoms with Crippen LogP contribution in [-0.2, 0) is 5.41 Å². The highest BCUT2D eigenvalue weighted by molar-refractivity contribution is 6.12. The zero-order valence-electron chi connectivity index (χ0n) is 29.8. The highest BCUT2D eigenvalue weighted by atomic mass is 15.1. The molecule has 0 radical (unpaired) electrons. The van der Waals surface area contributed by atoms with E-state index in [1.54, 1.807) is 0 Å². The topological polar surface area (TPSA) is 3.24 Å². The summed E-state index contributed by atoms with van der Waals surface area (Å²) in [5.41, 5.74) is 15.7. The molecule has 0 aromatic heterocycles. The zero-order chi connectivity index (χ0) is 34.0. The molecule has 0 unspecified atom stereocenters. The minimum atomic E-state index is 0.152. The van der Waals surface area contributed by atoms with E-state index in [2.05, 4.69) is 187 Å². The van der Waals surface area contributed by atoms with E-state index < -0.39 is 0 Å². The van der Waals surface area contributed by atoms with Crippen LogP contribution in [0.1, 0.15) is 77.0 Å². The van der Waals surface area contributed by atoms with Crippen molar-refractivity contribution in [2.24, 2.45) is 0 Å². The molecular weight excluding hydrogens is 591 g/mol. The summed E-state index contributed by atoms with van der Waals surface area (Å²) in [6, 6.07) is 50.6. The van der Waals surface area contributed by atoms with Gasteiger partial charge in [0.1, 0.15) is 0 Å². The van der Waals surface area contributed by atoms with Crippen LogP contribution >= 0.6 is 0 Å². The van der Waals surface area contributed by atoms with Crippen molar-refractivity contribution in [3.05, 3.63) is 150 Å². The summed E-state index contributed by atoms with van der Waals surface area (Å²) in [5, 5.41) is 5.11. The molecule has 0 heterocycles. The predicted octanol–water partition coefficient (Wildman–Crippen LogP) is 14.3. The SMILES string of the molecule is CC(C)c1ccc(N(c2ccc(C(C)C)cc2)c2ccc3cc4c(cc3c2)-c2cc3cc(-c5ccc(C(C)(C)C)cc5)ccc3cc2-4)cc1. The number of hydrogen-bond acceptors (Lipinski definition) is 1. The molecule has 0 N–H and O–H groups in total. The Labute approximate surface area is 291 Å². The molecule has 0 bridgehead atoms. The van der Waals surface area contributed by atoms with E-state index in [0.717, 1.165) is 0 Å². The molecule has 7 aromatic rings. The Balaban J connectivity index is 1.17. The van der Waals surface area contributed by atoms with Crippen molar-refractivity contribution < 1.29 is 0 Å². The highest BCUT2D eigenvalue weighted by Crippen LogP contribution is 2.51. The van der Waals surface area contributed by atoms with Gasteiger partial charge in [0.15, 0.2) is 0 Å². The van der Waals surface area contributed by atoms with Gasteiger partial charge in [-0.15, -0.1) is 0 Å². The van der Waals surface area contributed by atoms with Crippen molar-refractivity contribution in [1.29, 1.82) is 0 Å². The third-order valence-electron chi connectivity index (χ3n) is 10.5. The molecule has 49 heavy (non-hydrogen) atoms. The second-order valence-corrected chi connectivity index (χ2v) is 15.5. The number of rotatable bonds is 6. The van der Waals surface area contributed by atoms with Gasteiger partial charge in [-0.2, -0.15) is 0 Å². The van der Waals surface area contributed by atoms with Gasteiger partial charge in [0.2, 0.25) is 0 Å². The maximum atomic E-state index is 2.40. The van der Waals surface area contributed by atoms with Crippen molar-refractivity contribution >= 4 is 38.6 Å². The van der Waals surface area contributed by atoms with Crippen LogP contribution in [-0.4, -0.2) is 0 Å². The van der Waals surface area contributed by atoms with Crippen LogP contribution in [0, 0.1) is 0 Å². The average Bonchev–Trinajstić information content (AvgIpc) is 3.10. The largest absolute Gasteiger partial charge is 0.310 e. The molecule has 7 aromatic carbocycles. The third-order valence-corrected chi connectivity index (χ3v) is 10.5. The lowest BCUT2D eigenvalue weighted by Gasteiger charge is -2.28. The lowest BCUT2D eigenvalue weighted by molar-refractivity contribution is 0.590. The van der Waals surface area contributed by atoms with Crippen LogP contribution in [0.3, 0.4) is 0 Å². The van der Waals surface area contributed by atoms with Crippen LogP contribution in [0.2, 0.25) is 0 Å². The van der Waals surface area contributed by atoms with E-state index in [1.807, 2.05) is 0 Å². The minimum Gasteiger partial charge on any atom is -0.310 e. The summed E-state index contributed by atoms with van der Waals surface area (Å²) in [5.74, 6) is 0.997. The first kappa shape index (κ1) is 31.1. The van der Waals surface area contributed by atoms with E-state index >= 15 is 0 Å². The fraction of sp³-hybridized carbons (Fsp3) is 0.208. The number of benzene rings is 7. The Hall–Kier alpha value is -5.14. The Morgan fingerprint density at radius 1 is 0.388 bits per heavy atom. The van der Waals surface area contributed by atoms with Gasteiger partial charge >= 0.3 is 0 Å². The van der Waals surface area contributed by atoms with Gasteiger partial charge in [-0.3, -0.25) is 0 Å². The lowest BCUT2D eigenvalue weighted by atomic mass is 9.77. The molecular formula is C48H45N. The number of hydrogen-bond donors (Lipinski definition) is 0. The number of anilines is 3. The standard InChI is InChI=1S/C48H45N/c1-30(2)32-12-19-41(20-13-32)49(42-21-14-33(15-22-42)31(3)4)43-23-16-37-27-45-44-26-36-9-8-35(34-10-17-40(18-11-34)48(5,6)7)24-38(36)28-46(44)47(45)29-39(37)25-43/h8-31H,1-7H3. The van der Waals surface area contributed by atoms with Gasteiger partial charge in [-0.05, 0) is 156 Å². The quantitative estimate of drug-likeness (QED) is 0.176. The van der Waals surface area contributed by atoms with Crippen LogP contribution < -0.4 is 4.90 Å². The average molecular weight is 636 g/mol. The molecule has 1 aliphatic carbocycles. The van der Waals surface area contributed by atoms with E-state index in [0.29, 0.717) is 11.8 Å². The third kappa shape index (κ3) is 5.62. The molecule has 0 saturated carbocycles. The molecule has 0 aliphatic heterocycles. The smallest absolute Gasteiger partial charge is 0.0468 e. The van der Waals surface area contributed by atoms with Gasteiger partial charge in [0, 0.05) is 17.1 Å². The number of nitrogens with zero attached hydrogens (tertiary/aromatic N) is 1. The molecule has 0 saturated heterocycles. The van der Waals surface area contributed by atoms with Crippen LogP contribution in [0.25, 0.3) is 54.9 Å². The van der Waals surface area contributed by atoms with Crippen molar-refractivity contribution in [3.8, 4) is 33.4 Å². The summed E-state index contributed by atoms with van der Waals surface area (Å²) in [4.78, 5) is 2.39. The second-order valence-electron chi connectivity index (χ2n) is 15.5. The Morgan fingerprint density at radius 3 is 1.27 bits per heavy atom. The van der Waals surface area contributed by atoms with E-state index in [1.165, 1.54) is 88.7 Å². The summed E-state index contributed by atoms with van der Waals surface area (Å²) in [6.07, 6.45) is 0. The second kappa shape index (κ2) is 11.8. The van der Waals surface area contributed by atoms with E-state index in [4.69, 9.17) is 0 Å². The molecule has 8 rings (SSSR count). The summed E-state index contributed by atoms with van der Waals surface area (Å²) < 4.78 is 0. The Bertz CT molecular complexity index is 2280. The minimum absolute atomic E-state index is 0.152. The summed E-state index contributed by atoms with van der Waals surface area (Å²) >= 11 is 0. The highest BCUT2D eigenvalue weighted by Gasteiger charge is 2.24. The van der Waals surface area contributed by atoms with Gasteiger partial charge in [0.25, 0.3) is 0 Å².